The quantitative estimate of drug-likeness (QED) is 0.553. The van der Waals surface area contributed by atoms with E-state index >= 15 is 0 Å². The smallest absolute Gasteiger partial charge is 0.199 e. The molecule has 0 unspecified atom stereocenters. The van der Waals surface area contributed by atoms with Crippen molar-refractivity contribution in [2.75, 3.05) is 0 Å². The zero-order valence-corrected chi connectivity index (χ0v) is 14.7. The van der Waals surface area contributed by atoms with E-state index in [0.717, 1.165) is 33.0 Å². The maximum atomic E-state index is 13.5. The Balaban J connectivity index is 1.78. The molecule has 0 amide bonds. The van der Waals surface area contributed by atoms with Gasteiger partial charge in [0.1, 0.15) is 5.82 Å². The molecule has 130 valence electrons. The van der Waals surface area contributed by atoms with Gasteiger partial charge < -0.3 is 9.67 Å². The lowest BCUT2D eigenvalue weighted by molar-refractivity contribution is 0.430. The Labute approximate surface area is 151 Å². The molecule has 4 rings (SSSR count). The Kier molecular flexibility index (Phi) is 3.96. The van der Waals surface area contributed by atoms with Gasteiger partial charge in [0.2, 0.25) is 0 Å². The highest BCUT2D eigenvalue weighted by molar-refractivity contribution is 5.94. The number of hydrogen-bond acceptors (Lipinski definition) is 2. The van der Waals surface area contributed by atoms with Gasteiger partial charge in [-0.1, -0.05) is 24.3 Å². The molecular weight excluding hydrogens is 327 g/mol. The van der Waals surface area contributed by atoms with E-state index in [4.69, 9.17) is 0 Å². The molecule has 2 aromatic carbocycles. The van der Waals surface area contributed by atoms with E-state index < -0.39 is 0 Å². The second kappa shape index (κ2) is 6.30. The summed E-state index contributed by atoms with van der Waals surface area (Å²) in [5.74, 6) is 0.0183. The van der Waals surface area contributed by atoms with Crippen LogP contribution in [0.5, 0.6) is 5.88 Å². The summed E-state index contributed by atoms with van der Waals surface area (Å²) in [4.78, 5) is 4.18. The molecule has 0 spiro atoms. The molecule has 4 aromatic rings. The van der Waals surface area contributed by atoms with E-state index in [-0.39, 0.29) is 11.7 Å². The summed E-state index contributed by atoms with van der Waals surface area (Å²) in [5.41, 5.74) is 4.67. The second-order valence-corrected chi connectivity index (χ2v) is 6.66. The third kappa shape index (κ3) is 2.84. The molecule has 3 nitrogen and oxygen atoms in total. The van der Waals surface area contributed by atoms with Crippen molar-refractivity contribution in [2.45, 2.75) is 20.4 Å². The van der Waals surface area contributed by atoms with Crippen LogP contribution in [0.3, 0.4) is 0 Å². The zero-order valence-electron chi connectivity index (χ0n) is 14.7. The highest BCUT2D eigenvalue weighted by Crippen LogP contribution is 2.34. The molecule has 4 heteroatoms. The van der Waals surface area contributed by atoms with E-state index in [1.807, 2.05) is 37.5 Å². The number of hydrogen-bond donors (Lipinski definition) is 1. The lowest BCUT2D eigenvalue weighted by Gasteiger charge is -2.07. The molecule has 0 atom stereocenters. The average molecular weight is 346 g/mol. The van der Waals surface area contributed by atoms with Crippen LogP contribution < -0.4 is 0 Å². The fraction of sp³-hybridized carbons (Fsp3) is 0.136. The Morgan fingerprint density at radius 1 is 1.04 bits per heavy atom. The SMILES string of the molecule is Cc1cc(Cn2cc3cc(-c4cccnc4)cc(C)c3c2O)ccc1F. The number of benzene rings is 2. The van der Waals surface area contributed by atoms with Crippen LogP contribution >= 0.6 is 0 Å². The van der Waals surface area contributed by atoms with Crippen LogP contribution in [0.1, 0.15) is 16.7 Å². The molecule has 26 heavy (non-hydrogen) atoms. The highest BCUT2D eigenvalue weighted by Gasteiger charge is 2.13. The second-order valence-electron chi connectivity index (χ2n) is 6.66. The van der Waals surface area contributed by atoms with Gasteiger partial charge in [0.25, 0.3) is 0 Å². The minimum absolute atomic E-state index is 0.215. The van der Waals surface area contributed by atoms with Crippen molar-refractivity contribution in [2.24, 2.45) is 0 Å². The molecule has 0 saturated heterocycles. The van der Waals surface area contributed by atoms with Gasteiger partial charge in [-0.3, -0.25) is 4.98 Å². The molecule has 2 aromatic heterocycles. The molecular formula is C22H19FN2O. The number of aromatic hydroxyl groups is 1. The van der Waals surface area contributed by atoms with Crippen molar-refractivity contribution < 1.29 is 9.50 Å². The van der Waals surface area contributed by atoms with Crippen LogP contribution in [0.25, 0.3) is 21.9 Å². The minimum atomic E-state index is -0.215. The van der Waals surface area contributed by atoms with E-state index in [2.05, 4.69) is 17.1 Å². The van der Waals surface area contributed by atoms with Crippen LogP contribution in [-0.4, -0.2) is 14.7 Å². The maximum absolute atomic E-state index is 13.5. The van der Waals surface area contributed by atoms with Crippen LogP contribution in [0.15, 0.2) is 61.1 Å². The number of fused-ring (bicyclic) bond motifs is 1. The number of aromatic nitrogens is 2. The van der Waals surface area contributed by atoms with Crippen LogP contribution in [0, 0.1) is 19.7 Å². The fourth-order valence-electron chi connectivity index (χ4n) is 3.42. The normalized spacial score (nSPS) is 11.2. The average Bonchev–Trinajstić information content (AvgIpc) is 2.95. The largest absolute Gasteiger partial charge is 0.494 e. The molecule has 0 aliphatic heterocycles. The van der Waals surface area contributed by atoms with Gasteiger partial charge in [0.15, 0.2) is 5.88 Å². The lowest BCUT2D eigenvalue weighted by atomic mass is 10.0. The van der Waals surface area contributed by atoms with Gasteiger partial charge >= 0.3 is 0 Å². The van der Waals surface area contributed by atoms with Crippen molar-refractivity contribution >= 4 is 10.8 Å². The first-order chi connectivity index (χ1) is 12.5. The van der Waals surface area contributed by atoms with E-state index in [9.17, 15) is 9.50 Å². The predicted molar refractivity (Wildman–Crippen MR) is 102 cm³/mol. The Morgan fingerprint density at radius 2 is 1.88 bits per heavy atom. The summed E-state index contributed by atoms with van der Waals surface area (Å²) < 4.78 is 15.3. The van der Waals surface area contributed by atoms with Gasteiger partial charge in [-0.15, -0.1) is 0 Å². The summed E-state index contributed by atoms with van der Waals surface area (Å²) in [5, 5.41) is 12.5. The maximum Gasteiger partial charge on any atom is 0.199 e. The molecule has 2 heterocycles. The first-order valence-electron chi connectivity index (χ1n) is 8.51. The Morgan fingerprint density at radius 3 is 2.62 bits per heavy atom. The number of pyridine rings is 1. The predicted octanol–water partition coefficient (Wildman–Crippen LogP) is 5.21. The summed E-state index contributed by atoms with van der Waals surface area (Å²) in [6.45, 7) is 4.23. The van der Waals surface area contributed by atoms with E-state index in [0.29, 0.717) is 12.1 Å². The topological polar surface area (TPSA) is 38.0 Å². The Bertz CT molecular complexity index is 1100. The number of halogens is 1. The Hall–Kier alpha value is -3.14. The summed E-state index contributed by atoms with van der Waals surface area (Å²) in [6.07, 6.45) is 5.52. The molecule has 0 radical (unpaired) electrons. The third-order valence-electron chi connectivity index (χ3n) is 4.73. The number of aryl methyl sites for hydroxylation is 2. The zero-order chi connectivity index (χ0) is 18.3. The fourth-order valence-corrected chi connectivity index (χ4v) is 3.42. The molecule has 0 aliphatic rings. The van der Waals surface area contributed by atoms with Crippen molar-refractivity contribution in [3.63, 3.8) is 0 Å². The minimum Gasteiger partial charge on any atom is -0.494 e. The van der Waals surface area contributed by atoms with Crippen LogP contribution in [0.4, 0.5) is 4.39 Å². The number of rotatable bonds is 3. The lowest BCUT2D eigenvalue weighted by Crippen LogP contribution is -1.98. The molecule has 1 N–H and O–H groups in total. The van der Waals surface area contributed by atoms with Crippen molar-refractivity contribution in [1.29, 1.82) is 0 Å². The van der Waals surface area contributed by atoms with Gasteiger partial charge in [-0.05, 0) is 54.3 Å². The van der Waals surface area contributed by atoms with Gasteiger partial charge in [0.05, 0.1) is 6.54 Å². The number of nitrogens with zero attached hydrogens (tertiary/aromatic N) is 2. The van der Waals surface area contributed by atoms with Crippen molar-refractivity contribution in [3.8, 4) is 17.0 Å². The summed E-state index contributed by atoms with van der Waals surface area (Å²) in [7, 11) is 0. The standard InChI is InChI=1S/C22H19FN2O/c1-14-8-16(5-6-20(14)23)12-25-13-19-10-18(17-4-3-7-24-11-17)9-15(2)21(19)22(25)26/h3-11,13,26H,12H2,1-2H3. The molecule has 0 fully saturated rings. The first-order valence-corrected chi connectivity index (χ1v) is 8.51. The van der Waals surface area contributed by atoms with Crippen LogP contribution in [0.2, 0.25) is 0 Å². The van der Waals surface area contributed by atoms with E-state index in [1.54, 1.807) is 23.8 Å². The summed E-state index contributed by atoms with van der Waals surface area (Å²) in [6, 6.07) is 13.1. The highest BCUT2D eigenvalue weighted by atomic mass is 19.1. The summed E-state index contributed by atoms with van der Waals surface area (Å²) >= 11 is 0. The molecule has 0 saturated carbocycles. The van der Waals surface area contributed by atoms with Crippen molar-refractivity contribution in [3.05, 3.63) is 83.6 Å². The third-order valence-corrected chi connectivity index (χ3v) is 4.73. The first kappa shape index (κ1) is 16.3. The van der Waals surface area contributed by atoms with Gasteiger partial charge in [-0.2, -0.15) is 0 Å². The van der Waals surface area contributed by atoms with Crippen LogP contribution in [-0.2, 0) is 6.54 Å². The van der Waals surface area contributed by atoms with E-state index in [1.165, 1.54) is 6.07 Å². The molecule has 0 bridgehead atoms. The van der Waals surface area contributed by atoms with Crippen molar-refractivity contribution in [1.82, 2.24) is 9.55 Å². The van der Waals surface area contributed by atoms with Gasteiger partial charge in [0, 0.05) is 34.9 Å². The monoisotopic (exact) mass is 346 g/mol. The molecule has 0 aliphatic carbocycles. The van der Waals surface area contributed by atoms with Gasteiger partial charge in [-0.25, -0.2) is 4.39 Å².